The predicted octanol–water partition coefficient (Wildman–Crippen LogP) is 1.16. The molecule has 1 aliphatic rings. The standard InChI is InChI=1S/C4H11N3.2C2H6/c1-7-3-2-4(7)6-5;2*1-2/h4,6H,2-3,5H2,1H3;2*1-2H3. The summed E-state index contributed by atoms with van der Waals surface area (Å²) in [6.45, 7) is 9.18. The molecule has 1 heterocycles. The smallest absolute Gasteiger partial charge is 0.0736 e. The summed E-state index contributed by atoms with van der Waals surface area (Å²) < 4.78 is 0. The number of likely N-dealkylation sites (tertiary alicyclic amines) is 1. The van der Waals surface area contributed by atoms with Crippen LogP contribution in [0.1, 0.15) is 34.1 Å². The first-order chi connectivity index (χ1) is 5.34. The average molecular weight is 161 g/mol. The molecule has 1 aliphatic heterocycles. The Morgan fingerprint density at radius 1 is 1.27 bits per heavy atom. The van der Waals surface area contributed by atoms with Crippen molar-refractivity contribution in [2.24, 2.45) is 5.84 Å². The highest BCUT2D eigenvalue weighted by molar-refractivity contribution is 4.74. The second-order valence-electron chi connectivity index (χ2n) is 1.95. The van der Waals surface area contributed by atoms with E-state index in [2.05, 4.69) is 10.3 Å². The largest absolute Gasteiger partial charge is 0.290 e. The molecule has 0 amide bonds. The molecule has 0 bridgehead atoms. The second kappa shape index (κ2) is 9.88. The molecule has 0 aromatic rings. The summed E-state index contributed by atoms with van der Waals surface area (Å²) in [5.41, 5.74) is 2.68. The van der Waals surface area contributed by atoms with Gasteiger partial charge >= 0.3 is 0 Å². The Bertz CT molecular complexity index is 64.4. The Morgan fingerprint density at radius 3 is 1.73 bits per heavy atom. The molecule has 3 N–H and O–H groups in total. The Balaban J connectivity index is 0. The number of hydrogen-bond acceptors (Lipinski definition) is 3. The Labute approximate surface area is 70.9 Å². The van der Waals surface area contributed by atoms with Crippen molar-refractivity contribution in [2.75, 3.05) is 13.6 Å². The lowest BCUT2D eigenvalue weighted by atomic mass is 10.2. The summed E-state index contributed by atoms with van der Waals surface area (Å²) in [6, 6.07) is 0. The van der Waals surface area contributed by atoms with Crippen LogP contribution in [0.15, 0.2) is 0 Å². The zero-order valence-electron chi connectivity index (χ0n) is 8.52. The van der Waals surface area contributed by atoms with Crippen LogP contribution in [0.4, 0.5) is 0 Å². The normalized spacial score (nSPS) is 21.8. The molecule has 1 atom stereocenters. The van der Waals surface area contributed by atoms with Crippen molar-refractivity contribution in [2.45, 2.75) is 40.3 Å². The van der Waals surface area contributed by atoms with Crippen molar-refractivity contribution in [3.63, 3.8) is 0 Å². The van der Waals surface area contributed by atoms with Gasteiger partial charge in [0.2, 0.25) is 0 Å². The fourth-order valence-electron chi connectivity index (χ4n) is 0.727. The van der Waals surface area contributed by atoms with E-state index in [0.29, 0.717) is 6.17 Å². The lowest BCUT2D eigenvalue weighted by Gasteiger charge is -2.36. The first-order valence-electron chi connectivity index (χ1n) is 4.51. The third kappa shape index (κ3) is 5.18. The molecule has 0 radical (unpaired) electrons. The highest BCUT2D eigenvalue weighted by atomic mass is 15.4. The first kappa shape index (κ1) is 13.5. The number of rotatable bonds is 1. The third-order valence-electron chi connectivity index (χ3n) is 1.48. The van der Waals surface area contributed by atoms with Gasteiger partial charge in [-0.2, -0.15) is 0 Å². The molecule has 3 heteroatoms. The fourth-order valence-corrected chi connectivity index (χ4v) is 0.727. The van der Waals surface area contributed by atoms with Crippen LogP contribution in [-0.2, 0) is 0 Å². The van der Waals surface area contributed by atoms with Gasteiger partial charge in [0.05, 0.1) is 6.17 Å². The molecule has 1 rings (SSSR count). The van der Waals surface area contributed by atoms with Gasteiger partial charge in [-0.05, 0) is 13.5 Å². The Kier molecular flexibility index (Phi) is 12.1. The van der Waals surface area contributed by atoms with Crippen LogP contribution >= 0.6 is 0 Å². The summed E-state index contributed by atoms with van der Waals surface area (Å²) in [5.74, 6) is 5.13. The summed E-state index contributed by atoms with van der Waals surface area (Å²) in [5, 5.41) is 0. The number of nitrogens with zero attached hydrogens (tertiary/aromatic N) is 1. The minimum Gasteiger partial charge on any atom is -0.290 e. The van der Waals surface area contributed by atoms with Crippen molar-refractivity contribution in [3.05, 3.63) is 0 Å². The molecule has 0 aromatic carbocycles. The van der Waals surface area contributed by atoms with Gasteiger partial charge in [-0.3, -0.25) is 10.7 Å². The van der Waals surface area contributed by atoms with Gasteiger partial charge in [-0.1, -0.05) is 27.7 Å². The van der Waals surface area contributed by atoms with E-state index < -0.39 is 0 Å². The van der Waals surface area contributed by atoms with E-state index in [4.69, 9.17) is 5.84 Å². The van der Waals surface area contributed by atoms with Crippen molar-refractivity contribution >= 4 is 0 Å². The van der Waals surface area contributed by atoms with Gasteiger partial charge in [0.25, 0.3) is 0 Å². The van der Waals surface area contributed by atoms with Gasteiger partial charge in [0.1, 0.15) is 0 Å². The van der Waals surface area contributed by atoms with E-state index in [1.54, 1.807) is 0 Å². The Morgan fingerprint density at radius 2 is 1.73 bits per heavy atom. The summed E-state index contributed by atoms with van der Waals surface area (Å²) in [6.07, 6.45) is 1.63. The molecule has 1 unspecified atom stereocenters. The lowest BCUT2D eigenvalue weighted by molar-refractivity contribution is 0.0966. The molecular weight excluding hydrogens is 138 g/mol. The first-order valence-corrected chi connectivity index (χ1v) is 4.51. The van der Waals surface area contributed by atoms with Crippen LogP contribution < -0.4 is 11.3 Å². The molecule has 70 valence electrons. The van der Waals surface area contributed by atoms with E-state index in [9.17, 15) is 0 Å². The number of nitrogens with two attached hydrogens (primary N) is 1. The van der Waals surface area contributed by atoms with E-state index in [1.165, 1.54) is 13.0 Å². The average Bonchev–Trinajstić information content (AvgIpc) is 2.10. The van der Waals surface area contributed by atoms with Crippen molar-refractivity contribution in [3.8, 4) is 0 Å². The fraction of sp³-hybridized carbons (Fsp3) is 1.00. The van der Waals surface area contributed by atoms with E-state index >= 15 is 0 Å². The highest BCUT2D eigenvalue weighted by Gasteiger charge is 2.21. The molecule has 11 heavy (non-hydrogen) atoms. The van der Waals surface area contributed by atoms with Gasteiger partial charge in [-0.15, -0.1) is 0 Å². The molecular formula is C8H23N3. The molecule has 1 fully saturated rings. The van der Waals surface area contributed by atoms with Gasteiger partial charge in [-0.25, -0.2) is 5.43 Å². The van der Waals surface area contributed by atoms with E-state index in [0.717, 1.165) is 0 Å². The van der Waals surface area contributed by atoms with Crippen LogP contribution in [0.3, 0.4) is 0 Å². The number of nitrogens with one attached hydrogen (secondary N) is 1. The maximum absolute atomic E-state index is 5.13. The number of hydrogen-bond donors (Lipinski definition) is 2. The SMILES string of the molecule is CC.CC.CN1CCC1NN. The van der Waals surface area contributed by atoms with E-state index in [-0.39, 0.29) is 0 Å². The zero-order chi connectivity index (χ0) is 9.28. The third-order valence-corrected chi connectivity index (χ3v) is 1.48. The Hall–Kier alpha value is -0.120. The van der Waals surface area contributed by atoms with Crippen LogP contribution in [0, 0.1) is 0 Å². The summed E-state index contributed by atoms with van der Waals surface area (Å²) in [4.78, 5) is 2.17. The molecule has 3 nitrogen and oxygen atoms in total. The predicted molar refractivity (Wildman–Crippen MR) is 51.1 cm³/mol. The molecule has 0 spiro atoms. The molecule has 0 saturated carbocycles. The lowest BCUT2D eigenvalue weighted by Crippen LogP contribution is -2.56. The van der Waals surface area contributed by atoms with Crippen molar-refractivity contribution < 1.29 is 0 Å². The summed E-state index contributed by atoms with van der Waals surface area (Å²) >= 11 is 0. The van der Waals surface area contributed by atoms with Gasteiger partial charge < -0.3 is 0 Å². The van der Waals surface area contributed by atoms with Crippen molar-refractivity contribution in [1.82, 2.24) is 10.3 Å². The molecule has 0 aromatic heterocycles. The van der Waals surface area contributed by atoms with Crippen molar-refractivity contribution in [1.29, 1.82) is 0 Å². The zero-order valence-corrected chi connectivity index (χ0v) is 8.52. The topological polar surface area (TPSA) is 41.3 Å². The quantitative estimate of drug-likeness (QED) is 0.448. The summed E-state index contributed by atoms with van der Waals surface area (Å²) in [7, 11) is 2.05. The number of hydrazine groups is 1. The van der Waals surface area contributed by atoms with Crippen LogP contribution in [0.5, 0.6) is 0 Å². The maximum atomic E-state index is 5.13. The van der Waals surface area contributed by atoms with Crippen LogP contribution in [0.2, 0.25) is 0 Å². The van der Waals surface area contributed by atoms with Crippen LogP contribution in [0.25, 0.3) is 0 Å². The second-order valence-corrected chi connectivity index (χ2v) is 1.95. The van der Waals surface area contributed by atoms with Gasteiger partial charge in [0, 0.05) is 6.54 Å². The van der Waals surface area contributed by atoms with E-state index in [1.807, 2.05) is 34.7 Å². The monoisotopic (exact) mass is 161 g/mol. The minimum absolute atomic E-state index is 0.444. The van der Waals surface area contributed by atoms with Crippen LogP contribution in [-0.4, -0.2) is 24.7 Å². The molecule has 0 aliphatic carbocycles. The van der Waals surface area contributed by atoms with Gasteiger partial charge in [0.15, 0.2) is 0 Å². The minimum atomic E-state index is 0.444. The molecule has 1 saturated heterocycles. The highest BCUT2D eigenvalue weighted by Crippen LogP contribution is 2.08. The maximum Gasteiger partial charge on any atom is 0.0736 e.